The number of unbranched alkanes of at least 4 members (excludes halogenated alkanes) is 3. The number of nitrogens with zero attached hydrogens (tertiary/aromatic N) is 6. The van der Waals surface area contributed by atoms with Crippen LogP contribution in [0.1, 0.15) is 78.5 Å². The second-order valence-corrected chi connectivity index (χ2v) is 21.1. The summed E-state index contributed by atoms with van der Waals surface area (Å²) >= 11 is 5.67. The van der Waals surface area contributed by atoms with Gasteiger partial charge in [0.2, 0.25) is 29.5 Å². The van der Waals surface area contributed by atoms with Crippen LogP contribution < -0.4 is 44.2 Å². The zero-order valence-electron chi connectivity index (χ0n) is 46.7. The van der Waals surface area contributed by atoms with Crippen molar-refractivity contribution < 1.29 is 53.4 Å². The molecule has 4 aromatic rings. The predicted octanol–water partition coefficient (Wildman–Crippen LogP) is 0.965. The Bertz CT molecular complexity index is 2860. The van der Waals surface area contributed by atoms with Gasteiger partial charge in [0, 0.05) is 94.2 Å². The van der Waals surface area contributed by atoms with Gasteiger partial charge in [-0.1, -0.05) is 67.2 Å². The monoisotopic (exact) mass is 1170 g/mol. The van der Waals surface area contributed by atoms with Crippen LogP contribution in [0.15, 0.2) is 85.1 Å². The van der Waals surface area contributed by atoms with E-state index in [9.17, 15) is 48.3 Å². The zero-order valence-corrected chi connectivity index (χ0v) is 47.5. The molecule has 0 spiro atoms. The number of carbonyl (C=O) groups excluding carboxylic acids is 7. The van der Waals surface area contributed by atoms with Crippen molar-refractivity contribution >= 4 is 87.1 Å². The Morgan fingerprint density at radius 3 is 1.90 bits per heavy atom. The van der Waals surface area contributed by atoms with Gasteiger partial charge < -0.3 is 59.3 Å². The molecule has 14 N–H and O–H groups in total. The maximum absolute atomic E-state index is 14.1. The number of aliphatic carboxylic acids is 2. The largest absolute Gasteiger partial charge is 0.480 e. The van der Waals surface area contributed by atoms with Crippen LogP contribution in [0.5, 0.6) is 0 Å². The smallest absolute Gasteiger partial charge is 0.326 e. The number of nitrogens with one attached hydrogen (secondary N) is 4. The van der Waals surface area contributed by atoms with Crippen LogP contribution in [-0.4, -0.2) is 195 Å². The lowest BCUT2D eigenvalue weighted by Crippen LogP contribution is -2.54. The lowest BCUT2D eigenvalue weighted by Gasteiger charge is -2.38. The molecule has 26 heteroatoms. The number of aromatic nitrogens is 1. The van der Waals surface area contributed by atoms with Crippen molar-refractivity contribution in [2.45, 2.75) is 83.0 Å². The quantitative estimate of drug-likeness (QED) is 0.0248. The molecule has 25 nitrogen and oxygen atoms in total. The Balaban J connectivity index is 1.09. The summed E-state index contributed by atoms with van der Waals surface area (Å²) in [7, 11) is 0. The molecule has 2 atom stereocenters. The summed E-state index contributed by atoms with van der Waals surface area (Å²) in [5.41, 5.74) is 26.2. The van der Waals surface area contributed by atoms with E-state index in [4.69, 9.17) is 40.3 Å². The Morgan fingerprint density at radius 1 is 0.663 bits per heavy atom. The summed E-state index contributed by atoms with van der Waals surface area (Å²) in [6.07, 6.45) is 5.98. The molecule has 448 valence electrons. The van der Waals surface area contributed by atoms with Crippen LogP contribution in [0.3, 0.4) is 0 Å². The number of hydrogen-bond acceptors (Lipinski definition) is 15. The van der Waals surface area contributed by atoms with Crippen molar-refractivity contribution in [1.82, 2.24) is 45.4 Å². The SMILES string of the molecule is NC(=O)CN1CCN(CC(N)=O)CCN(CC(N)=O)C(Cc2ccc(NC(=S)CCCCCC(=O)NCc3ccc(C(=O)N(CCCCC(NC(=O)NCC(=O)O)C(=O)O)Cc4nccc5ccccc45)cc3)cc2)CN(CC(N)=O)CC1. The number of carboxylic acids is 2. The second kappa shape index (κ2) is 34.3. The lowest BCUT2D eigenvalue weighted by molar-refractivity contribution is -0.139. The van der Waals surface area contributed by atoms with E-state index < -0.39 is 54.2 Å². The van der Waals surface area contributed by atoms with E-state index in [-0.39, 0.29) is 70.1 Å². The molecule has 5 rings (SSSR count). The highest BCUT2D eigenvalue weighted by Crippen LogP contribution is 2.21. The molecule has 0 bridgehead atoms. The minimum atomic E-state index is -1.28. The first kappa shape index (κ1) is 65.6. The van der Waals surface area contributed by atoms with Gasteiger partial charge >= 0.3 is 18.0 Å². The number of anilines is 1. The summed E-state index contributed by atoms with van der Waals surface area (Å²) in [6.45, 7) is 2.47. The number of carboxylic acid groups (broad SMARTS) is 2. The van der Waals surface area contributed by atoms with E-state index in [0.717, 1.165) is 40.4 Å². The summed E-state index contributed by atoms with van der Waals surface area (Å²) in [4.78, 5) is 125. The van der Waals surface area contributed by atoms with E-state index in [2.05, 4.69) is 26.3 Å². The molecule has 0 aliphatic carbocycles. The van der Waals surface area contributed by atoms with Crippen LogP contribution in [0.25, 0.3) is 10.8 Å². The third kappa shape index (κ3) is 24.4. The molecule has 1 aliphatic heterocycles. The number of fused-ring (bicyclic) bond motifs is 1. The molecular formula is C57H78N14O11S. The average molecular weight is 1170 g/mol. The van der Waals surface area contributed by atoms with Crippen LogP contribution in [0, 0.1) is 0 Å². The van der Waals surface area contributed by atoms with Crippen molar-refractivity contribution in [3.8, 4) is 0 Å². The molecule has 8 amide bonds. The van der Waals surface area contributed by atoms with Gasteiger partial charge in [0.15, 0.2) is 0 Å². The van der Waals surface area contributed by atoms with E-state index in [1.807, 2.05) is 74.2 Å². The fourth-order valence-electron chi connectivity index (χ4n) is 9.69. The lowest BCUT2D eigenvalue weighted by atomic mass is 10.0. The first-order valence-electron chi connectivity index (χ1n) is 27.6. The summed E-state index contributed by atoms with van der Waals surface area (Å²) < 4.78 is 0. The number of urea groups is 1. The van der Waals surface area contributed by atoms with Crippen LogP contribution in [-0.2, 0) is 53.1 Å². The number of amides is 8. The Labute approximate surface area is 487 Å². The molecule has 0 saturated carbocycles. The summed E-state index contributed by atoms with van der Waals surface area (Å²) in [6, 6.07) is 21.7. The molecule has 1 aromatic heterocycles. The molecule has 3 aromatic carbocycles. The molecule has 1 fully saturated rings. The maximum Gasteiger partial charge on any atom is 0.326 e. The maximum atomic E-state index is 14.1. The van der Waals surface area contributed by atoms with E-state index in [1.165, 1.54) is 0 Å². The number of benzene rings is 3. The number of rotatable bonds is 31. The van der Waals surface area contributed by atoms with Gasteiger partial charge in [-0.15, -0.1) is 0 Å². The highest BCUT2D eigenvalue weighted by molar-refractivity contribution is 7.80. The van der Waals surface area contributed by atoms with Gasteiger partial charge in [-0.05, 0) is 91.8 Å². The zero-order chi connectivity index (χ0) is 60.3. The van der Waals surface area contributed by atoms with Crippen molar-refractivity contribution in [1.29, 1.82) is 0 Å². The van der Waals surface area contributed by atoms with Gasteiger partial charge in [-0.25, -0.2) is 9.59 Å². The van der Waals surface area contributed by atoms with E-state index in [0.29, 0.717) is 101 Å². The van der Waals surface area contributed by atoms with Crippen LogP contribution >= 0.6 is 12.2 Å². The molecular weight excluding hydrogens is 1090 g/mol. The number of primary amides is 4. The number of pyridine rings is 1. The van der Waals surface area contributed by atoms with Crippen molar-refractivity contribution in [2.75, 3.05) is 90.4 Å². The topological polar surface area (TPSA) is 375 Å². The summed E-state index contributed by atoms with van der Waals surface area (Å²) in [5.74, 6) is -5.04. The van der Waals surface area contributed by atoms with E-state index >= 15 is 0 Å². The highest BCUT2D eigenvalue weighted by atomic mass is 32.1. The van der Waals surface area contributed by atoms with Gasteiger partial charge in [0.1, 0.15) is 12.6 Å². The van der Waals surface area contributed by atoms with Gasteiger partial charge in [-0.3, -0.25) is 58.1 Å². The van der Waals surface area contributed by atoms with Crippen molar-refractivity contribution in [3.63, 3.8) is 0 Å². The van der Waals surface area contributed by atoms with Crippen molar-refractivity contribution in [3.05, 3.63) is 107 Å². The first-order valence-corrected chi connectivity index (χ1v) is 28.0. The van der Waals surface area contributed by atoms with Gasteiger partial charge in [-0.2, -0.15) is 0 Å². The predicted molar refractivity (Wildman–Crippen MR) is 315 cm³/mol. The van der Waals surface area contributed by atoms with Crippen molar-refractivity contribution in [2.24, 2.45) is 22.9 Å². The third-order valence-corrected chi connectivity index (χ3v) is 14.2. The minimum absolute atomic E-state index is 0.0151. The summed E-state index contributed by atoms with van der Waals surface area (Å²) in [5, 5.41) is 30.9. The fourth-order valence-corrected chi connectivity index (χ4v) is 9.95. The molecule has 2 heterocycles. The third-order valence-electron chi connectivity index (χ3n) is 13.9. The van der Waals surface area contributed by atoms with Crippen LogP contribution in [0.2, 0.25) is 0 Å². The standard InChI is InChI=1S/C57H78N14O11S/c58-48(72)35-67-24-25-68(36-49(59)73)28-29-70(38-51(61)75)44(33-69(27-26-67)37-50(60)74)30-39-15-19-43(20-16-39)65-53(83)12-3-1-2-11-52(76)63-31-40-13-17-42(18-14-40)55(79)71(34-47-45-9-5-4-8-41(45)21-22-62-47)23-7-6-10-46(56(80)81)66-57(82)64-32-54(77)78/h4-5,8-9,13-22,44,46H,1-3,6-7,10-12,23-38H2,(H2,58,72)(H2,59,73)(H2,60,74)(H2,61,75)(H,63,76)(H,65,83)(H,77,78)(H,80,81)(H2,64,66,82). The van der Waals surface area contributed by atoms with E-state index in [1.54, 1.807) is 35.4 Å². The average Bonchev–Trinajstić information content (AvgIpc) is 3.62. The van der Waals surface area contributed by atoms with Gasteiger partial charge in [0.05, 0.1) is 43.4 Å². The molecule has 1 aliphatic rings. The normalized spacial score (nSPS) is 15.2. The molecule has 83 heavy (non-hydrogen) atoms. The van der Waals surface area contributed by atoms with Crippen LogP contribution in [0.4, 0.5) is 10.5 Å². The second-order valence-electron chi connectivity index (χ2n) is 20.6. The molecule has 2 unspecified atom stereocenters. The minimum Gasteiger partial charge on any atom is -0.480 e. The van der Waals surface area contributed by atoms with Gasteiger partial charge in [0.25, 0.3) is 5.91 Å². The number of hydrogen-bond donors (Lipinski definition) is 10. The highest BCUT2D eigenvalue weighted by Gasteiger charge is 2.28. The number of thiocarbonyl (C=S) groups is 1. The first-order chi connectivity index (χ1) is 39.7. The molecule has 1 saturated heterocycles. The number of carbonyl (C=O) groups is 9. The fraction of sp³-hybridized carbons (Fsp3) is 0.456. The molecule has 0 radical (unpaired) electrons. The Kier molecular flexibility index (Phi) is 27.1. The Hall–Kier alpha value is -8.17. The Morgan fingerprint density at radius 2 is 1.27 bits per heavy atom. The number of nitrogens with two attached hydrogens (primary N) is 4.